The Morgan fingerprint density at radius 3 is 2.82 bits per heavy atom. The van der Waals surface area contributed by atoms with Gasteiger partial charge in [-0.25, -0.2) is 4.79 Å². The van der Waals surface area contributed by atoms with Crippen molar-refractivity contribution in [3.05, 3.63) is 64.5 Å². The lowest BCUT2D eigenvalue weighted by atomic mass is 9.71. The molecule has 1 saturated carbocycles. The molecule has 1 aliphatic carbocycles. The van der Waals surface area contributed by atoms with Gasteiger partial charge in [0.05, 0.1) is 5.60 Å². The average Bonchev–Trinajstić information content (AvgIpc) is 2.83. The molecule has 33 heavy (non-hydrogen) atoms. The number of likely N-dealkylation sites (tertiary alicyclic amines) is 1. The van der Waals surface area contributed by atoms with E-state index in [0.717, 1.165) is 42.2 Å². The predicted octanol–water partition coefficient (Wildman–Crippen LogP) is 4.30. The van der Waals surface area contributed by atoms with Crippen molar-refractivity contribution in [3.63, 3.8) is 0 Å². The van der Waals surface area contributed by atoms with Crippen molar-refractivity contribution in [1.29, 1.82) is 0 Å². The Labute approximate surface area is 192 Å². The number of benzene rings is 2. The molecule has 1 N–H and O–H groups in total. The number of ether oxygens (including phenoxy) is 1. The third kappa shape index (κ3) is 4.15. The Morgan fingerprint density at radius 1 is 1.18 bits per heavy atom. The van der Waals surface area contributed by atoms with Gasteiger partial charge in [0.25, 0.3) is 5.91 Å². The number of carbonyl (C=O) groups excluding carboxylic acids is 1. The van der Waals surface area contributed by atoms with E-state index in [4.69, 9.17) is 9.15 Å². The number of rotatable bonds is 4. The summed E-state index contributed by atoms with van der Waals surface area (Å²) in [5.74, 6) is 0.592. The molecule has 2 fully saturated rings. The average molecular weight is 448 g/mol. The van der Waals surface area contributed by atoms with Gasteiger partial charge < -0.3 is 19.2 Å². The minimum absolute atomic E-state index is 0.0818. The van der Waals surface area contributed by atoms with Crippen LogP contribution < -0.4 is 10.4 Å². The fraction of sp³-hybridized carbons (Fsp3) is 0.407. The summed E-state index contributed by atoms with van der Waals surface area (Å²) in [6, 6.07) is 14.9. The summed E-state index contributed by atoms with van der Waals surface area (Å²) in [5, 5.41) is 11.7. The van der Waals surface area contributed by atoms with E-state index in [-0.39, 0.29) is 18.4 Å². The standard InChI is InChI=1S/C27H29NO5/c1-18-23(32-17-24(29)28-14-13-27(31)12-6-5-9-20(27)16-28)11-10-21-22(15-25(30)33-26(18)21)19-7-3-2-4-8-19/h2-4,7-8,10-11,15,20,31H,5-6,9,12-14,16-17H2,1H3/t20-,27-/m1/s1. The highest BCUT2D eigenvalue weighted by Crippen LogP contribution is 2.40. The lowest BCUT2D eigenvalue weighted by molar-refractivity contribution is -0.145. The van der Waals surface area contributed by atoms with Gasteiger partial charge in [0.15, 0.2) is 6.61 Å². The maximum absolute atomic E-state index is 12.9. The van der Waals surface area contributed by atoms with Gasteiger partial charge in [-0.15, -0.1) is 0 Å². The second-order valence-electron chi connectivity index (χ2n) is 9.34. The first-order chi connectivity index (χ1) is 15.9. The molecular formula is C27H29NO5. The topological polar surface area (TPSA) is 80.0 Å². The minimum atomic E-state index is -0.612. The van der Waals surface area contributed by atoms with Crippen molar-refractivity contribution in [3.8, 4) is 16.9 Å². The summed E-state index contributed by atoms with van der Waals surface area (Å²) in [4.78, 5) is 26.9. The fourth-order valence-corrected chi connectivity index (χ4v) is 5.38. The van der Waals surface area contributed by atoms with Gasteiger partial charge in [-0.2, -0.15) is 0 Å². The molecule has 2 heterocycles. The van der Waals surface area contributed by atoms with Crippen LogP contribution in [-0.4, -0.2) is 41.2 Å². The van der Waals surface area contributed by atoms with E-state index in [9.17, 15) is 14.7 Å². The van der Waals surface area contributed by atoms with Gasteiger partial charge in [0.2, 0.25) is 0 Å². The molecule has 0 unspecified atom stereocenters. The van der Waals surface area contributed by atoms with Gasteiger partial charge in [-0.1, -0.05) is 43.2 Å². The van der Waals surface area contributed by atoms with Crippen LogP contribution in [0.3, 0.4) is 0 Å². The van der Waals surface area contributed by atoms with Gasteiger partial charge >= 0.3 is 5.63 Å². The highest BCUT2D eigenvalue weighted by molar-refractivity contribution is 5.95. The quantitative estimate of drug-likeness (QED) is 0.603. The number of aliphatic hydroxyl groups is 1. The second-order valence-corrected chi connectivity index (χ2v) is 9.34. The first-order valence-corrected chi connectivity index (χ1v) is 11.7. The zero-order valence-corrected chi connectivity index (χ0v) is 18.9. The van der Waals surface area contributed by atoms with E-state index < -0.39 is 11.2 Å². The molecule has 2 aromatic carbocycles. The van der Waals surface area contributed by atoms with Gasteiger partial charge in [0.1, 0.15) is 11.3 Å². The molecule has 1 aromatic heterocycles. The molecule has 1 saturated heterocycles. The van der Waals surface area contributed by atoms with Crippen LogP contribution in [-0.2, 0) is 4.79 Å². The summed E-state index contributed by atoms with van der Waals surface area (Å²) in [5.41, 5.74) is 1.86. The molecule has 172 valence electrons. The van der Waals surface area contributed by atoms with Crippen LogP contribution >= 0.6 is 0 Å². The van der Waals surface area contributed by atoms with Crippen LogP contribution in [0.4, 0.5) is 0 Å². The Kier molecular flexibility index (Phi) is 5.71. The third-order valence-electron chi connectivity index (χ3n) is 7.33. The zero-order chi connectivity index (χ0) is 23.0. The number of hydrogen-bond donors (Lipinski definition) is 1. The lowest BCUT2D eigenvalue weighted by Gasteiger charge is -2.47. The molecule has 1 amide bonds. The Hall–Kier alpha value is -3.12. The summed E-state index contributed by atoms with van der Waals surface area (Å²) >= 11 is 0. The van der Waals surface area contributed by atoms with Crippen molar-refractivity contribution in [1.82, 2.24) is 4.90 Å². The van der Waals surface area contributed by atoms with E-state index in [1.54, 1.807) is 0 Å². The van der Waals surface area contributed by atoms with Crippen LogP contribution in [0.1, 0.15) is 37.7 Å². The highest BCUT2D eigenvalue weighted by atomic mass is 16.5. The Morgan fingerprint density at radius 2 is 2.00 bits per heavy atom. The van der Waals surface area contributed by atoms with Crippen molar-refractivity contribution in [2.75, 3.05) is 19.7 Å². The number of carbonyl (C=O) groups is 1. The van der Waals surface area contributed by atoms with Gasteiger partial charge in [0, 0.05) is 36.0 Å². The normalized spacial score (nSPS) is 22.7. The summed E-state index contributed by atoms with van der Waals surface area (Å²) < 4.78 is 11.4. The van der Waals surface area contributed by atoms with Crippen molar-refractivity contribution in [2.45, 2.75) is 44.6 Å². The molecular weight excluding hydrogens is 418 g/mol. The van der Waals surface area contributed by atoms with Gasteiger partial charge in [-0.3, -0.25) is 4.79 Å². The molecule has 2 aliphatic rings. The van der Waals surface area contributed by atoms with Gasteiger partial charge in [-0.05, 0) is 49.4 Å². The molecule has 0 radical (unpaired) electrons. The van der Waals surface area contributed by atoms with Crippen molar-refractivity contribution >= 4 is 16.9 Å². The number of aryl methyl sites for hydroxylation is 1. The summed E-state index contributed by atoms with van der Waals surface area (Å²) in [6.45, 7) is 2.90. The molecule has 1 aliphatic heterocycles. The molecule has 0 bridgehead atoms. The summed E-state index contributed by atoms with van der Waals surface area (Å²) in [7, 11) is 0. The van der Waals surface area contributed by atoms with E-state index in [2.05, 4.69) is 0 Å². The Bertz CT molecular complexity index is 1230. The first-order valence-electron chi connectivity index (χ1n) is 11.7. The molecule has 6 nitrogen and oxygen atoms in total. The fourth-order valence-electron chi connectivity index (χ4n) is 5.38. The number of piperidine rings is 1. The molecule has 2 atom stereocenters. The number of nitrogens with zero attached hydrogens (tertiary/aromatic N) is 1. The van der Waals surface area contributed by atoms with Crippen LogP contribution in [0.25, 0.3) is 22.1 Å². The van der Waals surface area contributed by atoms with E-state index in [1.165, 1.54) is 6.07 Å². The SMILES string of the molecule is Cc1c(OCC(=O)N2CC[C@]3(O)CCCC[C@@H]3C2)ccc2c(-c3ccccc3)cc(=O)oc12. The van der Waals surface area contributed by atoms with E-state index in [0.29, 0.717) is 36.4 Å². The van der Waals surface area contributed by atoms with Crippen molar-refractivity contribution < 1.29 is 19.1 Å². The monoisotopic (exact) mass is 447 g/mol. The number of amides is 1. The van der Waals surface area contributed by atoms with Crippen LogP contribution in [0.15, 0.2) is 57.7 Å². The van der Waals surface area contributed by atoms with Crippen LogP contribution in [0, 0.1) is 12.8 Å². The maximum atomic E-state index is 12.9. The third-order valence-corrected chi connectivity index (χ3v) is 7.33. The van der Waals surface area contributed by atoms with E-state index >= 15 is 0 Å². The first kappa shape index (κ1) is 21.7. The molecule has 5 rings (SSSR count). The van der Waals surface area contributed by atoms with E-state index in [1.807, 2.05) is 54.3 Å². The largest absolute Gasteiger partial charge is 0.483 e. The molecule has 6 heteroatoms. The predicted molar refractivity (Wildman–Crippen MR) is 126 cm³/mol. The van der Waals surface area contributed by atoms with Crippen LogP contribution in [0.2, 0.25) is 0 Å². The highest BCUT2D eigenvalue weighted by Gasteiger charge is 2.43. The lowest BCUT2D eigenvalue weighted by Crippen LogP contribution is -2.55. The summed E-state index contributed by atoms with van der Waals surface area (Å²) in [6.07, 6.45) is 4.60. The zero-order valence-electron chi connectivity index (χ0n) is 18.9. The number of hydrogen-bond acceptors (Lipinski definition) is 5. The smallest absolute Gasteiger partial charge is 0.336 e. The van der Waals surface area contributed by atoms with Crippen LogP contribution in [0.5, 0.6) is 5.75 Å². The maximum Gasteiger partial charge on any atom is 0.336 e. The van der Waals surface area contributed by atoms with Crippen molar-refractivity contribution in [2.24, 2.45) is 5.92 Å². The minimum Gasteiger partial charge on any atom is -0.483 e. The molecule has 3 aromatic rings. The molecule has 0 spiro atoms. The number of fused-ring (bicyclic) bond motifs is 2. The Balaban J connectivity index is 1.34. The second kappa shape index (κ2) is 8.67.